The fraction of sp³-hybridized carbons (Fsp3) is 0.286. The number of rotatable bonds is 6. The van der Waals surface area contributed by atoms with Crippen molar-refractivity contribution < 1.29 is 19.4 Å². The van der Waals surface area contributed by atoms with Crippen LogP contribution in [0.15, 0.2) is 60.7 Å². The van der Waals surface area contributed by atoms with E-state index in [1.807, 2.05) is 43.3 Å². The first kappa shape index (κ1) is 22.0. The smallest absolute Gasteiger partial charge is 0.262 e. The van der Waals surface area contributed by atoms with Crippen molar-refractivity contribution in [1.29, 1.82) is 0 Å². The van der Waals surface area contributed by atoms with Crippen LogP contribution in [0.4, 0.5) is 11.4 Å². The van der Waals surface area contributed by atoms with Crippen LogP contribution in [0.3, 0.4) is 0 Å². The Bertz CT molecular complexity index is 1230. The molecule has 0 atom stereocenters. The molecule has 0 aliphatic heterocycles. The lowest BCUT2D eigenvalue weighted by Crippen LogP contribution is -2.28. The van der Waals surface area contributed by atoms with Gasteiger partial charge in [0.15, 0.2) is 6.61 Å². The van der Waals surface area contributed by atoms with Crippen molar-refractivity contribution in [1.82, 2.24) is 0 Å². The fourth-order valence-electron chi connectivity index (χ4n) is 5.28. The molecule has 3 aliphatic carbocycles. The first-order chi connectivity index (χ1) is 16.5. The lowest BCUT2D eigenvalue weighted by atomic mass is 9.65. The first-order valence-electron chi connectivity index (χ1n) is 11.7. The van der Waals surface area contributed by atoms with E-state index in [1.165, 1.54) is 12.1 Å². The average molecular weight is 457 g/mol. The van der Waals surface area contributed by atoms with Crippen LogP contribution in [0.2, 0.25) is 0 Å². The number of amides is 2. The third-order valence-electron chi connectivity index (χ3n) is 6.82. The Morgan fingerprint density at radius 2 is 1.59 bits per heavy atom. The molecule has 0 radical (unpaired) electrons. The van der Waals surface area contributed by atoms with E-state index in [2.05, 4.69) is 10.6 Å². The molecule has 0 aromatic heterocycles. The second kappa shape index (κ2) is 9.21. The summed E-state index contributed by atoms with van der Waals surface area (Å²) in [5.41, 5.74) is 5.35. The van der Waals surface area contributed by atoms with Gasteiger partial charge in [-0.05, 0) is 104 Å². The molecule has 0 unspecified atom stereocenters. The van der Waals surface area contributed by atoms with Crippen LogP contribution >= 0.6 is 0 Å². The summed E-state index contributed by atoms with van der Waals surface area (Å²) in [5.74, 6) is 1.14. The molecule has 6 heteroatoms. The van der Waals surface area contributed by atoms with Crippen LogP contribution < -0.4 is 15.4 Å². The molecule has 1 fully saturated rings. The minimum absolute atomic E-state index is 0.106. The average Bonchev–Trinajstić information content (AvgIpc) is 2.84. The molecule has 3 N–H and O–H groups in total. The van der Waals surface area contributed by atoms with Gasteiger partial charge in [0.1, 0.15) is 11.5 Å². The van der Waals surface area contributed by atoms with Gasteiger partial charge in [-0.2, -0.15) is 0 Å². The first-order valence-corrected chi connectivity index (χ1v) is 11.7. The topological polar surface area (TPSA) is 87.7 Å². The van der Waals surface area contributed by atoms with Crippen LogP contribution in [-0.4, -0.2) is 23.5 Å². The number of ether oxygens (including phenoxy) is 1. The number of benzene rings is 3. The summed E-state index contributed by atoms with van der Waals surface area (Å²) in [6.45, 7) is 1.87. The van der Waals surface area contributed by atoms with Gasteiger partial charge in [0.25, 0.3) is 11.8 Å². The molecule has 0 saturated heterocycles. The summed E-state index contributed by atoms with van der Waals surface area (Å²) in [5, 5.41) is 15.2. The quantitative estimate of drug-likeness (QED) is 0.414. The number of phenolic OH excluding ortho intramolecular Hbond substituents is 1. The largest absolute Gasteiger partial charge is 0.508 e. The summed E-state index contributed by atoms with van der Waals surface area (Å²) in [4.78, 5) is 25.7. The number of hydrogen-bond donors (Lipinski definition) is 3. The van der Waals surface area contributed by atoms with Crippen molar-refractivity contribution in [3.8, 4) is 11.5 Å². The normalized spacial score (nSPS) is 18.1. The van der Waals surface area contributed by atoms with E-state index >= 15 is 0 Å². The Hall–Kier alpha value is -3.80. The van der Waals surface area contributed by atoms with Gasteiger partial charge >= 0.3 is 0 Å². The number of phenols is 1. The molecule has 0 heterocycles. The Balaban J connectivity index is 1.37. The Morgan fingerprint density at radius 1 is 0.882 bits per heavy atom. The monoisotopic (exact) mass is 456 g/mol. The lowest BCUT2D eigenvalue weighted by Gasteiger charge is -2.40. The van der Waals surface area contributed by atoms with Gasteiger partial charge < -0.3 is 20.5 Å². The maximum atomic E-state index is 13.2. The number of hydrogen-bond acceptors (Lipinski definition) is 4. The number of fused-ring (bicyclic) bond motifs is 2. The van der Waals surface area contributed by atoms with Crippen LogP contribution in [0.5, 0.6) is 11.5 Å². The number of aromatic hydroxyl groups is 1. The third kappa shape index (κ3) is 4.49. The minimum Gasteiger partial charge on any atom is -0.508 e. The highest BCUT2D eigenvalue weighted by Crippen LogP contribution is 2.53. The van der Waals surface area contributed by atoms with E-state index in [9.17, 15) is 14.7 Å². The van der Waals surface area contributed by atoms with Gasteiger partial charge in [-0.1, -0.05) is 12.1 Å². The predicted octanol–water partition coefficient (Wildman–Crippen LogP) is 5.73. The van der Waals surface area contributed by atoms with Crippen molar-refractivity contribution >= 4 is 23.2 Å². The third-order valence-corrected chi connectivity index (χ3v) is 6.82. The van der Waals surface area contributed by atoms with Gasteiger partial charge in [0, 0.05) is 22.5 Å². The second-order valence-corrected chi connectivity index (χ2v) is 9.19. The van der Waals surface area contributed by atoms with Crippen molar-refractivity contribution in [3.05, 3.63) is 82.9 Å². The minimum atomic E-state index is -0.276. The van der Waals surface area contributed by atoms with E-state index in [1.54, 1.807) is 12.1 Å². The summed E-state index contributed by atoms with van der Waals surface area (Å²) >= 11 is 0. The number of carbonyl (C=O) groups excluding carboxylic acids is 2. The number of anilines is 2. The highest BCUT2D eigenvalue weighted by molar-refractivity contribution is 6.06. The zero-order chi connectivity index (χ0) is 23.7. The van der Waals surface area contributed by atoms with E-state index in [-0.39, 0.29) is 24.2 Å². The van der Waals surface area contributed by atoms with Gasteiger partial charge in [-0.15, -0.1) is 0 Å². The molecule has 2 amide bonds. The van der Waals surface area contributed by atoms with Gasteiger partial charge in [-0.25, -0.2) is 0 Å². The van der Waals surface area contributed by atoms with Crippen molar-refractivity contribution in [2.24, 2.45) is 0 Å². The molecule has 3 aromatic rings. The van der Waals surface area contributed by atoms with Crippen molar-refractivity contribution in [3.63, 3.8) is 0 Å². The van der Waals surface area contributed by atoms with Crippen molar-refractivity contribution in [2.75, 3.05) is 17.2 Å². The summed E-state index contributed by atoms with van der Waals surface area (Å²) in [6.07, 6.45) is 4.31. The zero-order valence-electron chi connectivity index (χ0n) is 19.1. The number of nitrogens with one attached hydrogen (secondary N) is 2. The van der Waals surface area contributed by atoms with Crippen LogP contribution in [0, 0.1) is 6.92 Å². The fourth-order valence-corrected chi connectivity index (χ4v) is 5.28. The van der Waals surface area contributed by atoms with Gasteiger partial charge in [0.05, 0.1) is 0 Å². The Morgan fingerprint density at radius 3 is 2.29 bits per heavy atom. The molecule has 3 aromatic carbocycles. The van der Waals surface area contributed by atoms with Crippen LogP contribution in [-0.2, 0) is 4.79 Å². The molecule has 3 aliphatic rings. The summed E-state index contributed by atoms with van der Waals surface area (Å²) < 4.78 is 5.99. The maximum absolute atomic E-state index is 13.2. The lowest BCUT2D eigenvalue weighted by molar-refractivity contribution is -0.118. The van der Waals surface area contributed by atoms with Gasteiger partial charge in [0.2, 0.25) is 0 Å². The van der Waals surface area contributed by atoms with E-state index in [0.29, 0.717) is 28.8 Å². The Labute approximate surface area is 199 Å². The van der Waals surface area contributed by atoms with E-state index in [0.717, 1.165) is 48.1 Å². The predicted molar refractivity (Wildman–Crippen MR) is 132 cm³/mol. The standard InChI is InChI=1S/C28H28N2O4/c1-17-3-2-4-21(15-17)30-28(33)23-13-14-24(27-19-7-5-18(6-8-19)26(23)27)34-16-25(32)29-20-9-11-22(31)12-10-20/h2-4,9-15,18-19,31H,5-8,16H2,1H3,(H,29,32)(H,30,33). The number of carbonyl (C=O) groups is 2. The molecular formula is C28H28N2O4. The molecular weight excluding hydrogens is 428 g/mol. The molecule has 2 bridgehead atoms. The Kier molecular flexibility index (Phi) is 5.97. The van der Waals surface area contributed by atoms with E-state index in [4.69, 9.17) is 4.74 Å². The molecule has 174 valence electrons. The van der Waals surface area contributed by atoms with Crippen LogP contribution in [0.25, 0.3) is 0 Å². The SMILES string of the molecule is Cc1cccc(NC(=O)c2ccc(OCC(=O)Nc3ccc(O)cc3)c3c2C2CCC3CC2)c1. The van der Waals surface area contributed by atoms with Crippen molar-refractivity contribution in [2.45, 2.75) is 44.4 Å². The number of aryl methyl sites for hydroxylation is 1. The van der Waals surface area contributed by atoms with E-state index < -0.39 is 0 Å². The summed E-state index contributed by atoms with van der Waals surface area (Å²) in [6, 6.07) is 17.8. The zero-order valence-corrected chi connectivity index (χ0v) is 19.1. The molecule has 0 spiro atoms. The maximum Gasteiger partial charge on any atom is 0.262 e. The second-order valence-electron chi connectivity index (χ2n) is 9.19. The molecule has 6 nitrogen and oxygen atoms in total. The highest BCUT2D eigenvalue weighted by Gasteiger charge is 2.38. The highest BCUT2D eigenvalue weighted by atomic mass is 16.5. The molecule has 34 heavy (non-hydrogen) atoms. The molecule has 1 saturated carbocycles. The van der Waals surface area contributed by atoms with Gasteiger partial charge in [-0.3, -0.25) is 9.59 Å². The van der Waals surface area contributed by atoms with Crippen LogP contribution in [0.1, 0.15) is 64.6 Å². The molecule has 6 rings (SSSR count). The summed E-state index contributed by atoms with van der Waals surface area (Å²) in [7, 11) is 0.